The van der Waals surface area contributed by atoms with Crippen LogP contribution in [0.15, 0.2) is 22.7 Å². The van der Waals surface area contributed by atoms with E-state index in [0.29, 0.717) is 0 Å². The third-order valence-electron chi connectivity index (χ3n) is 3.41. The van der Waals surface area contributed by atoms with Crippen molar-refractivity contribution < 1.29 is 4.79 Å². The quantitative estimate of drug-likeness (QED) is 0.767. The maximum Gasteiger partial charge on any atom is 0.255 e. The maximum atomic E-state index is 12.0. The van der Waals surface area contributed by atoms with Crippen molar-refractivity contribution in [3.05, 3.63) is 28.2 Å². The van der Waals surface area contributed by atoms with Gasteiger partial charge in [0.2, 0.25) is 0 Å². The van der Waals surface area contributed by atoms with Crippen LogP contribution in [0.25, 0.3) is 0 Å². The fourth-order valence-corrected chi connectivity index (χ4v) is 2.98. The first kappa shape index (κ1) is 10.1. The molecular weight excluding hydrogens is 268 g/mol. The molecule has 1 fully saturated rings. The second-order valence-electron chi connectivity index (χ2n) is 4.56. The highest BCUT2D eigenvalue weighted by Gasteiger charge is 2.39. The third kappa shape index (κ3) is 1.52. The van der Waals surface area contributed by atoms with Gasteiger partial charge in [-0.1, -0.05) is 15.9 Å². The molecule has 4 heteroatoms. The molecular formula is C12H13BrN2O. The Morgan fingerprint density at radius 2 is 1.94 bits per heavy atom. The van der Waals surface area contributed by atoms with E-state index in [1.165, 1.54) is 12.8 Å². The van der Waals surface area contributed by atoms with E-state index in [2.05, 4.69) is 26.6 Å². The molecule has 1 aromatic rings. The predicted molar refractivity (Wildman–Crippen MR) is 66.4 cm³/mol. The summed E-state index contributed by atoms with van der Waals surface area (Å²) in [6, 6.07) is 5.80. The Morgan fingerprint density at radius 1 is 1.19 bits per heavy atom. The summed E-state index contributed by atoms with van der Waals surface area (Å²) < 4.78 is 0.936. The van der Waals surface area contributed by atoms with E-state index in [0.717, 1.165) is 28.6 Å². The average molecular weight is 281 g/mol. The minimum atomic E-state index is -0.183. The van der Waals surface area contributed by atoms with Gasteiger partial charge in [-0.25, -0.2) is 0 Å². The summed E-state index contributed by atoms with van der Waals surface area (Å²) in [7, 11) is 0. The monoisotopic (exact) mass is 280 g/mol. The molecule has 0 saturated heterocycles. The minimum Gasteiger partial charge on any atom is -0.362 e. The lowest BCUT2D eigenvalue weighted by molar-refractivity contribution is 0.0902. The molecule has 1 saturated carbocycles. The Kier molecular flexibility index (Phi) is 2.21. The number of nitrogens with one attached hydrogen (secondary N) is 2. The van der Waals surface area contributed by atoms with E-state index < -0.39 is 0 Å². The number of hydrogen-bond donors (Lipinski definition) is 2. The van der Waals surface area contributed by atoms with Gasteiger partial charge in [0.05, 0.1) is 5.56 Å². The lowest BCUT2D eigenvalue weighted by atomic mass is 10.0. The number of amides is 1. The normalized spacial score (nSPS) is 21.4. The number of carbonyl (C=O) groups excluding carboxylic acids is 1. The van der Waals surface area contributed by atoms with Crippen LogP contribution in [-0.2, 0) is 0 Å². The predicted octanol–water partition coefficient (Wildman–Crippen LogP) is 2.87. The molecule has 0 aromatic heterocycles. The van der Waals surface area contributed by atoms with Gasteiger partial charge in [0, 0.05) is 10.2 Å². The second-order valence-corrected chi connectivity index (χ2v) is 5.47. The SMILES string of the molecule is O=C1NC2(CCCC2)Nc2ccc(Br)cc21. The highest BCUT2D eigenvalue weighted by Crippen LogP contribution is 2.36. The minimum absolute atomic E-state index is 0.0388. The van der Waals surface area contributed by atoms with Crippen LogP contribution >= 0.6 is 15.9 Å². The Bertz CT molecular complexity index is 452. The van der Waals surface area contributed by atoms with Crippen molar-refractivity contribution in [2.24, 2.45) is 0 Å². The van der Waals surface area contributed by atoms with Crippen LogP contribution in [0, 0.1) is 0 Å². The smallest absolute Gasteiger partial charge is 0.255 e. The molecule has 0 atom stereocenters. The molecule has 0 bridgehead atoms. The van der Waals surface area contributed by atoms with Crippen LogP contribution in [-0.4, -0.2) is 11.6 Å². The van der Waals surface area contributed by atoms with Crippen molar-refractivity contribution in [2.75, 3.05) is 5.32 Å². The first-order valence-electron chi connectivity index (χ1n) is 5.59. The summed E-state index contributed by atoms with van der Waals surface area (Å²) in [5, 5.41) is 6.58. The highest BCUT2D eigenvalue weighted by atomic mass is 79.9. The van der Waals surface area contributed by atoms with Crippen molar-refractivity contribution in [2.45, 2.75) is 31.3 Å². The molecule has 0 radical (unpaired) electrons. The standard InChI is InChI=1S/C12H13BrN2O/c13-8-3-4-10-9(7-8)11(16)15-12(14-10)5-1-2-6-12/h3-4,7,14H,1-2,5-6H2,(H,15,16). The molecule has 1 aromatic carbocycles. The fraction of sp³-hybridized carbons (Fsp3) is 0.417. The second kappa shape index (κ2) is 3.48. The van der Waals surface area contributed by atoms with Crippen LogP contribution in [0.3, 0.4) is 0 Å². The van der Waals surface area contributed by atoms with Crippen LogP contribution in [0.5, 0.6) is 0 Å². The summed E-state index contributed by atoms with van der Waals surface area (Å²) >= 11 is 3.39. The van der Waals surface area contributed by atoms with Crippen molar-refractivity contribution >= 4 is 27.5 Å². The summed E-state index contributed by atoms with van der Waals surface area (Å²) in [6.45, 7) is 0. The molecule has 3 nitrogen and oxygen atoms in total. The third-order valence-corrected chi connectivity index (χ3v) is 3.90. The average Bonchev–Trinajstić information content (AvgIpc) is 2.68. The Hall–Kier alpha value is -1.03. The Morgan fingerprint density at radius 3 is 2.69 bits per heavy atom. The molecule has 1 aliphatic heterocycles. The molecule has 1 aliphatic carbocycles. The molecule has 1 heterocycles. The van der Waals surface area contributed by atoms with Crippen LogP contribution in [0.4, 0.5) is 5.69 Å². The molecule has 1 amide bonds. The van der Waals surface area contributed by atoms with E-state index in [9.17, 15) is 4.79 Å². The highest BCUT2D eigenvalue weighted by molar-refractivity contribution is 9.10. The van der Waals surface area contributed by atoms with Gasteiger partial charge in [0.25, 0.3) is 5.91 Å². The summed E-state index contributed by atoms with van der Waals surface area (Å²) in [5.41, 5.74) is 1.50. The van der Waals surface area contributed by atoms with Crippen LogP contribution in [0.1, 0.15) is 36.0 Å². The lowest BCUT2D eigenvalue weighted by Crippen LogP contribution is -2.55. The van der Waals surface area contributed by atoms with Crippen molar-refractivity contribution in [3.8, 4) is 0 Å². The van der Waals surface area contributed by atoms with Gasteiger partial charge in [-0.15, -0.1) is 0 Å². The zero-order valence-corrected chi connectivity index (χ0v) is 10.4. The number of hydrogen-bond acceptors (Lipinski definition) is 2. The maximum absolute atomic E-state index is 12.0. The Balaban J connectivity index is 2.02. The topological polar surface area (TPSA) is 41.1 Å². The zero-order valence-electron chi connectivity index (χ0n) is 8.85. The molecule has 0 unspecified atom stereocenters. The molecule has 16 heavy (non-hydrogen) atoms. The molecule has 1 spiro atoms. The van der Waals surface area contributed by atoms with Crippen molar-refractivity contribution in [1.82, 2.24) is 5.32 Å². The van der Waals surface area contributed by atoms with Crippen molar-refractivity contribution in [3.63, 3.8) is 0 Å². The van der Waals surface area contributed by atoms with Gasteiger partial charge in [0.1, 0.15) is 5.66 Å². The van der Waals surface area contributed by atoms with Crippen molar-refractivity contribution in [1.29, 1.82) is 0 Å². The van der Waals surface area contributed by atoms with Gasteiger partial charge in [-0.2, -0.15) is 0 Å². The first-order valence-corrected chi connectivity index (χ1v) is 6.38. The number of halogens is 1. The van der Waals surface area contributed by atoms with Gasteiger partial charge in [0.15, 0.2) is 0 Å². The first-order chi connectivity index (χ1) is 7.69. The molecule has 2 aliphatic rings. The number of fused-ring (bicyclic) bond motifs is 1. The van der Waals surface area contributed by atoms with E-state index in [1.54, 1.807) is 0 Å². The van der Waals surface area contributed by atoms with E-state index >= 15 is 0 Å². The van der Waals surface area contributed by atoms with E-state index in [4.69, 9.17) is 0 Å². The molecule has 2 N–H and O–H groups in total. The number of rotatable bonds is 0. The van der Waals surface area contributed by atoms with E-state index in [-0.39, 0.29) is 11.6 Å². The summed E-state index contributed by atoms with van der Waals surface area (Å²) in [6.07, 6.45) is 4.40. The van der Waals surface area contributed by atoms with Crippen LogP contribution in [0.2, 0.25) is 0 Å². The zero-order chi connectivity index (χ0) is 11.2. The molecule has 3 rings (SSSR count). The number of carbonyl (C=O) groups is 1. The number of anilines is 1. The fourth-order valence-electron chi connectivity index (χ4n) is 2.62. The summed E-state index contributed by atoms with van der Waals surface area (Å²) in [5.74, 6) is 0.0388. The lowest BCUT2D eigenvalue weighted by Gasteiger charge is -2.37. The van der Waals surface area contributed by atoms with Crippen LogP contribution < -0.4 is 10.6 Å². The Labute approximate surface area is 103 Å². The van der Waals surface area contributed by atoms with Gasteiger partial charge in [-0.05, 0) is 43.9 Å². The van der Waals surface area contributed by atoms with E-state index in [1.807, 2.05) is 18.2 Å². The summed E-state index contributed by atoms with van der Waals surface area (Å²) in [4.78, 5) is 12.0. The van der Waals surface area contributed by atoms with Gasteiger partial charge >= 0.3 is 0 Å². The largest absolute Gasteiger partial charge is 0.362 e. The van der Waals surface area contributed by atoms with Gasteiger partial charge < -0.3 is 10.6 Å². The number of benzene rings is 1. The molecule has 84 valence electrons. The van der Waals surface area contributed by atoms with Gasteiger partial charge in [-0.3, -0.25) is 4.79 Å².